The van der Waals surface area contributed by atoms with Crippen molar-refractivity contribution in [3.63, 3.8) is 0 Å². The molecule has 1 unspecified atom stereocenters. The van der Waals surface area contributed by atoms with Crippen LogP contribution in [0, 0.1) is 6.92 Å². The van der Waals surface area contributed by atoms with Gasteiger partial charge in [-0.3, -0.25) is 4.90 Å². The third-order valence-corrected chi connectivity index (χ3v) is 6.25. The number of piperazine rings is 1. The van der Waals surface area contributed by atoms with Gasteiger partial charge in [-0.15, -0.1) is 0 Å². The highest BCUT2D eigenvalue weighted by Crippen LogP contribution is 2.30. The second-order valence-corrected chi connectivity index (χ2v) is 8.54. The number of halogens is 1. The van der Waals surface area contributed by atoms with Crippen molar-refractivity contribution in [3.05, 3.63) is 65.0 Å². The third-order valence-electron chi connectivity index (χ3n) is 5.76. The van der Waals surface area contributed by atoms with Crippen molar-refractivity contribution in [1.82, 2.24) is 10.1 Å². The predicted molar refractivity (Wildman–Crippen MR) is 130 cm³/mol. The van der Waals surface area contributed by atoms with E-state index in [1.165, 1.54) is 0 Å². The molecule has 1 saturated heterocycles. The molecule has 8 nitrogen and oxygen atoms in total. The maximum atomic E-state index is 10.6. The Kier molecular flexibility index (Phi) is 8.16. The molecule has 0 bridgehead atoms. The number of aliphatic hydroxyl groups is 1. The first kappa shape index (κ1) is 24.2. The van der Waals surface area contributed by atoms with Crippen LogP contribution in [-0.4, -0.2) is 67.7 Å². The van der Waals surface area contributed by atoms with Crippen LogP contribution in [0.25, 0.3) is 0 Å². The molecule has 9 heteroatoms. The minimum Gasteiger partial charge on any atom is -0.495 e. The normalized spacial score (nSPS) is 15.2. The van der Waals surface area contributed by atoms with Gasteiger partial charge >= 0.3 is 0 Å². The molecule has 1 fully saturated rings. The topological polar surface area (TPSA) is 80.4 Å². The monoisotopic (exact) mass is 487 g/mol. The minimum absolute atomic E-state index is 0.138. The molecule has 1 aliphatic rings. The van der Waals surface area contributed by atoms with E-state index in [9.17, 15) is 5.11 Å². The average molecular weight is 488 g/mol. The third kappa shape index (κ3) is 5.94. The van der Waals surface area contributed by atoms with E-state index in [2.05, 4.69) is 21.0 Å². The molecule has 2 heterocycles. The summed E-state index contributed by atoms with van der Waals surface area (Å²) in [5.41, 5.74) is 1.73. The van der Waals surface area contributed by atoms with Crippen molar-refractivity contribution < 1.29 is 23.8 Å². The van der Waals surface area contributed by atoms with E-state index in [0.717, 1.165) is 37.6 Å². The van der Waals surface area contributed by atoms with Gasteiger partial charge in [-0.25, -0.2) is 0 Å². The second kappa shape index (κ2) is 11.5. The lowest BCUT2D eigenvalue weighted by atomic mass is 10.2. The van der Waals surface area contributed by atoms with Crippen molar-refractivity contribution in [2.45, 2.75) is 19.6 Å². The number of rotatable bonds is 10. The van der Waals surface area contributed by atoms with Gasteiger partial charge < -0.3 is 28.7 Å². The first-order chi connectivity index (χ1) is 16.5. The van der Waals surface area contributed by atoms with Crippen LogP contribution in [0.5, 0.6) is 17.2 Å². The Morgan fingerprint density at radius 1 is 1.00 bits per heavy atom. The van der Waals surface area contributed by atoms with Crippen LogP contribution < -0.4 is 19.1 Å². The number of nitrogens with zero attached hydrogens (tertiary/aromatic N) is 3. The Morgan fingerprint density at radius 2 is 1.65 bits per heavy atom. The summed E-state index contributed by atoms with van der Waals surface area (Å²) in [6, 6.07) is 15.4. The Morgan fingerprint density at radius 3 is 2.29 bits per heavy atom. The predicted octanol–water partition coefficient (Wildman–Crippen LogP) is 3.79. The summed E-state index contributed by atoms with van der Waals surface area (Å²) in [4.78, 5) is 4.56. The van der Waals surface area contributed by atoms with Gasteiger partial charge in [0.25, 0.3) is 0 Å². The summed E-state index contributed by atoms with van der Waals surface area (Å²) in [6.07, 6.45) is -0.628. The lowest BCUT2D eigenvalue weighted by Gasteiger charge is -2.37. The fourth-order valence-corrected chi connectivity index (χ4v) is 4.05. The van der Waals surface area contributed by atoms with Crippen LogP contribution in [-0.2, 0) is 6.61 Å². The number of aryl methyl sites for hydroxylation is 1. The number of hydrogen-bond acceptors (Lipinski definition) is 8. The summed E-state index contributed by atoms with van der Waals surface area (Å²) < 4.78 is 22.4. The Bertz CT molecular complexity index is 1070. The zero-order chi connectivity index (χ0) is 23.9. The van der Waals surface area contributed by atoms with Gasteiger partial charge in [-0.05, 0) is 31.2 Å². The van der Waals surface area contributed by atoms with Gasteiger partial charge in [0.1, 0.15) is 23.5 Å². The number of ether oxygens (including phenoxy) is 3. The Labute approximate surface area is 204 Å². The first-order valence-corrected chi connectivity index (χ1v) is 11.7. The number of methoxy groups -OCH3 is 1. The number of anilines is 1. The standard InChI is InChI=1S/C25H30ClN3O5/c1-18-25(26)24(34-27-18)17-33-23-10-6-5-9-22(23)32-16-19(30)15-28-11-13-29(14-12-28)20-7-3-4-8-21(20)31-2/h3-10,19,30H,11-17H2,1-2H3. The molecule has 0 saturated carbocycles. The SMILES string of the molecule is COc1ccccc1N1CCN(CC(O)COc2ccccc2OCc2onc(C)c2Cl)CC1. The second-order valence-electron chi connectivity index (χ2n) is 8.16. The van der Waals surface area contributed by atoms with E-state index in [1.807, 2.05) is 30.3 Å². The zero-order valence-corrected chi connectivity index (χ0v) is 20.2. The highest BCUT2D eigenvalue weighted by molar-refractivity contribution is 6.31. The van der Waals surface area contributed by atoms with Gasteiger partial charge in [0, 0.05) is 32.7 Å². The number of benzene rings is 2. The smallest absolute Gasteiger partial charge is 0.192 e. The largest absolute Gasteiger partial charge is 0.495 e. The summed E-state index contributed by atoms with van der Waals surface area (Å²) in [7, 11) is 1.69. The number of hydrogen-bond donors (Lipinski definition) is 1. The molecule has 34 heavy (non-hydrogen) atoms. The van der Waals surface area contributed by atoms with E-state index in [-0.39, 0.29) is 13.2 Å². The van der Waals surface area contributed by atoms with Crippen LogP contribution in [0.3, 0.4) is 0 Å². The fraction of sp³-hybridized carbons (Fsp3) is 0.400. The summed E-state index contributed by atoms with van der Waals surface area (Å²) in [5, 5.41) is 14.9. The highest BCUT2D eigenvalue weighted by atomic mass is 35.5. The lowest BCUT2D eigenvalue weighted by Crippen LogP contribution is -2.49. The molecule has 3 aromatic rings. The minimum atomic E-state index is -0.628. The highest BCUT2D eigenvalue weighted by Gasteiger charge is 2.22. The molecule has 1 aliphatic heterocycles. The zero-order valence-electron chi connectivity index (χ0n) is 19.4. The Hall–Kier alpha value is -2.94. The van der Waals surface area contributed by atoms with Crippen molar-refractivity contribution in [2.24, 2.45) is 0 Å². The molecule has 2 aromatic carbocycles. The van der Waals surface area contributed by atoms with E-state index in [4.69, 9.17) is 30.3 Å². The quantitative estimate of drug-likeness (QED) is 0.462. The number of β-amino-alcohol motifs (C(OH)–C–C–N with tert-alkyl or cyclic N) is 1. The molecule has 1 N–H and O–H groups in total. The van der Waals surface area contributed by atoms with Gasteiger partial charge in [0.15, 0.2) is 23.9 Å². The van der Waals surface area contributed by atoms with E-state index in [1.54, 1.807) is 26.2 Å². The van der Waals surface area contributed by atoms with Crippen LogP contribution in [0.1, 0.15) is 11.5 Å². The van der Waals surface area contributed by atoms with Crippen molar-refractivity contribution in [1.29, 1.82) is 0 Å². The molecule has 182 valence electrons. The lowest BCUT2D eigenvalue weighted by molar-refractivity contribution is 0.0647. The van der Waals surface area contributed by atoms with Crippen molar-refractivity contribution in [3.8, 4) is 17.2 Å². The molecule has 0 amide bonds. The summed E-state index contributed by atoms with van der Waals surface area (Å²) in [6.45, 7) is 6.05. The first-order valence-electron chi connectivity index (χ1n) is 11.3. The van der Waals surface area contributed by atoms with Crippen molar-refractivity contribution >= 4 is 17.3 Å². The molecule has 0 radical (unpaired) electrons. The number of aliphatic hydroxyl groups excluding tert-OH is 1. The maximum absolute atomic E-state index is 10.6. The molecule has 0 spiro atoms. The van der Waals surface area contributed by atoms with E-state index in [0.29, 0.717) is 34.5 Å². The summed E-state index contributed by atoms with van der Waals surface area (Å²) in [5.74, 6) is 2.44. The average Bonchev–Trinajstić information content (AvgIpc) is 3.19. The number of aromatic nitrogens is 1. The van der Waals surface area contributed by atoms with Crippen LogP contribution >= 0.6 is 11.6 Å². The molecule has 1 atom stereocenters. The van der Waals surface area contributed by atoms with Gasteiger partial charge in [0.2, 0.25) is 0 Å². The van der Waals surface area contributed by atoms with E-state index >= 15 is 0 Å². The van der Waals surface area contributed by atoms with Crippen molar-refractivity contribution in [2.75, 3.05) is 51.3 Å². The molecular formula is C25H30ClN3O5. The van der Waals surface area contributed by atoms with Crippen LogP contribution in [0.15, 0.2) is 53.1 Å². The van der Waals surface area contributed by atoms with Crippen LogP contribution in [0.2, 0.25) is 5.02 Å². The van der Waals surface area contributed by atoms with Gasteiger partial charge in [-0.1, -0.05) is 41.0 Å². The molecule has 4 rings (SSSR count). The maximum Gasteiger partial charge on any atom is 0.192 e. The molecule has 0 aliphatic carbocycles. The van der Waals surface area contributed by atoms with Gasteiger partial charge in [0.05, 0.1) is 18.5 Å². The van der Waals surface area contributed by atoms with E-state index < -0.39 is 6.10 Å². The molecule has 1 aromatic heterocycles. The molecular weight excluding hydrogens is 458 g/mol. The summed E-state index contributed by atoms with van der Waals surface area (Å²) >= 11 is 6.15. The Balaban J connectivity index is 1.25. The van der Waals surface area contributed by atoms with Crippen LogP contribution in [0.4, 0.5) is 5.69 Å². The number of para-hydroxylation sites is 4. The fourth-order valence-electron chi connectivity index (χ4n) is 3.93. The van der Waals surface area contributed by atoms with Gasteiger partial charge in [-0.2, -0.15) is 0 Å².